The molecule has 25 heavy (non-hydrogen) atoms. The molecule has 2 N–H and O–H groups in total. The summed E-state index contributed by atoms with van der Waals surface area (Å²) in [6, 6.07) is 9.90. The second-order valence-electron chi connectivity index (χ2n) is 6.20. The molecule has 0 aliphatic carbocycles. The van der Waals surface area contributed by atoms with E-state index in [9.17, 15) is 4.79 Å². The van der Waals surface area contributed by atoms with E-state index in [1.165, 1.54) is 0 Å². The maximum Gasteiger partial charge on any atom is 0.253 e. The molecule has 0 radical (unpaired) electrons. The summed E-state index contributed by atoms with van der Waals surface area (Å²) in [5.41, 5.74) is 2.62. The number of rotatable bonds is 4. The number of hydrogen-bond donors (Lipinski definition) is 2. The third-order valence-corrected chi connectivity index (χ3v) is 4.56. The highest BCUT2D eigenvalue weighted by atomic mass is 16.5. The monoisotopic (exact) mass is 336 g/mol. The van der Waals surface area contributed by atoms with Crippen LogP contribution < -0.4 is 5.32 Å². The quantitative estimate of drug-likeness (QED) is 0.769. The van der Waals surface area contributed by atoms with E-state index in [1.807, 2.05) is 54.2 Å². The summed E-state index contributed by atoms with van der Waals surface area (Å²) in [5, 5.41) is 3.10. The number of aryl methyl sites for hydroxylation is 1. The van der Waals surface area contributed by atoms with Crippen LogP contribution in [0.15, 0.2) is 55.1 Å². The van der Waals surface area contributed by atoms with Gasteiger partial charge in [0.15, 0.2) is 0 Å². The zero-order valence-corrected chi connectivity index (χ0v) is 14.0. The molecule has 4 rings (SSSR count). The number of benzene rings is 1. The van der Waals surface area contributed by atoms with Gasteiger partial charge in [-0.15, -0.1) is 0 Å². The topological polar surface area (TPSA) is 71.9 Å². The summed E-state index contributed by atoms with van der Waals surface area (Å²) in [6.45, 7) is 2.51. The number of aromatic nitrogens is 3. The number of hydrogen-bond acceptors (Lipinski definition) is 3. The van der Waals surface area contributed by atoms with Gasteiger partial charge in [-0.1, -0.05) is 18.2 Å². The Balaban J connectivity index is 1.58. The Kier molecular flexibility index (Phi) is 4.11. The number of nitrogens with zero attached hydrogens (tertiary/aromatic N) is 2. The summed E-state index contributed by atoms with van der Waals surface area (Å²) in [4.78, 5) is 20.0. The van der Waals surface area contributed by atoms with Gasteiger partial charge in [-0.3, -0.25) is 4.79 Å². The molecule has 128 valence electrons. The van der Waals surface area contributed by atoms with Gasteiger partial charge >= 0.3 is 0 Å². The average molecular weight is 336 g/mol. The van der Waals surface area contributed by atoms with Gasteiger partial charge in [0, 0.05) is 37.1 Å². The first-order valence-corrected chi connectivity index (χ1v) is 8.38. The van der Waals surface area contributed by atoms with Crippen LogP contribution in [0.3, 0.4) is 0 Å². The predicted octanol–water partition coefficient (Wildman–Crippen LogP) is 2.77. The minimum absolute atomic E-state index is 0.0860. The van der Waals surface area contributed by atoms with Crippen LogP contribution >= 0.6 is 0 Å². The van der Waals surface area contributed by atoms with Crippen molar-refractivity contribution in [1.29, 1.82) is 0 Å². The van der Waals surface area contributed by atoms with Gasteiger partial charge in [-0.05, 0) is 31.0 Å². The first-order chi connectivity index (χ1) is 12.2. The first kappa shape index (κ1) is 15.7. The Morgan fingerprint density at radius 3 is 2.92 bits per heavy atom. The van der Waals surface area contributed by atoms with Crippen molar-refractivity contribution in [3.05, 3.63) is 72.1 Å². The van der Waals surface area contributed by atoms with Gasteiger partial charge in [-0.25, -0.2) is 4.98 Å². The van der Waals surface area contributed by atoms with Crippen molar-refractivity contribution in [2.45, 2.75) is 25.5 Å². The maximum absolute atomic E-state index is 12.5. The van der Waals surface area contributed by atoms with E-state index in [4.69, 9.17) is 4.74 Å². The van der Waals surface area contributed by atoms with Crippen LogP contribution in [0.25, 0.3) is 5.69 Å². The summed E-state index contributed by atoms with van der Waals surface area (Å²) >= 11 is 0. The highest BCUT2D eigenvalue weighted by Gasteiger charge is 2.34. The van der Waals surface area contributed by atoms with Crippen LogP contribution in [0.1, 0.15) is 34.3 Å². The summed E-state index contributed by atoms with van der Waals surface area (Å²) in [5.74, 6) is 0.719. The van der Waals surface area contributed by atoms with Crippen molar-refractivity contribution in [1.82, 2.24) is 19.9 Å². The molecular formula is C19H20N4O2. The predicted molar refractivity (Wildman–Crippen MR) is 93.7 cm³/mol. The SMILES string of the molecule is Cc1c[nH]cc1C(=O)N[C@H]1CCO[C@@H]1c1nccn1-c1ccccc1. The van der Waals surface area contributed by atoms with Crippen molar-refractivity contribution in [2.75, 3.05) is 6.61 Å². The van der Waals surface area contributed by atoms with Gasteiger partial charge < -0.3 is 19.6 Å². The molecule has 6 heteroatoms. The van der Waals surface area contributed by atoms with Gasteiger partial charge in [-0.2, -0.15) is 0 Å². The number of nitrogens with one attached hydrogen (secondary N) is 2. The van der Waals surface area contributed by atoms with Crippen molar-refractivity contribution in [2.24, 2.45) is 0 Å². The Morgan fingerprint density at radius 1 is 1.32 bits per heavy atom. The molecule has 3 aromatic rings. The van der Waals surface area contributed by atoms with Crippen LogP contribution in [0.4, 0.5) is 0 Å². The number of para-hydroxylation sites is 1. The van der Waals surface area contributed by atoms with Gasteiger partial charge in [0.1, 0.15) is 11.9 Å². The molecule has 0 bridgehead atoms. The van der Waals surface area contributed by atoms with E-state index >= 15 is 0 Å². The van der Waals surface area contributed by atoms with E-state index in [2.05, 4.69) is 15.3 Å². The highest BCUT2D eigenvalue weighted by molar-refractivity contribution is 5.95. The maximum atomic E-state index is 12.5. The van der Waals surface area contributed by atoms with E-state index < -0.39 is 0 Å². The van der Waals surface area contributed by atoms with E-state index in [0.29, 0.717) is 12.2 Å². The fourth-order valence-corrected chi connectivity index (χ4v) is 3.26. The summed E-state index contributed by atoms with van der Waals surface area (Å²) < 4.78 is 7.93. The number of carbonyl (C=O) groups excluding carboxylic acids is 1. The summed E-state index contributed by atoms with van der Waals surface area (Å²) in [7, 11) is 0. The van der Waals surface area contributed by atoms with Gasteiger partial charge in [0.25, 0.3) is 5.91 Å². The minimum Gasteiger partial charge on any atom is -0.368 e. The summed E-state index contributed by atoms with van der Waals surface area (Å²) in [6.07, 6.45) is 7.72. The molecule has 3 heterocycles. The van der Waals surface area contributed by atoms with Crippen LogP contribution in [0.2, 0.25) is 0 Å². The van der Waals surface area contributed by atoms with E-state index in [0.717, 1.165) is 23.5 Å². The molecule has 1 aliphatic rings. The number of carbonyl (C=O) groups is 1. The zero-order chi connectivity index (χ0) is 17.2. The Bertz CT molecular complexity index is 868. The van der Waals surface area contributed by atoms with Crippen molar-refractivity contribution in [3.8, 4) is 5.69 Å². The number of aromatic amines is 1. The molecule has 1 saturated heterocycles. The number of ether oxygens (including phenoxy) is 1. The normalized spacial score (nSPS) is 19.9. The third kappa shape index (κ3) is 2.96. The fraction of sp³-hybridized carbons (Fsp3) is 0.263. The molecule has 0 spiro atoms. The molecular weight excluding hydrogens is 316 g/mol. The lowest BCUT2D eigenvalue weighted by molar-refractivity contribution is 0.0784. The van der Waals surface area contributed by atoms with Gasteiger partial charge in [0.05, 0.1) is 11.6 Å². The minimum atomic E-state index is -0.265. The average Bonchev–Trinajstić information content (AvgIpc) is 3.35. The van der Waals surface area contributed by atoms with Crippen molar-refractivity contribution < 1.29 is 9.53 Å². The Morgan fingerprint density at radius 2 is 2.16 bits per heavy atom. The molecule has 2 aromatic heterocycles. The molecule has 1 amide bonds. The smallest absolute Gasteiger partial charge is 0.253 e. The standard InChI is InChI=1S/C19H20N4O2/c1-13-11-20-12-15(13)19(24)22-16-7-10-25-17(16)18-21-8-9-23(18)14-5-3-2-4-6-14/h2-6,8-9,11-12,16-17,20H,7,10H2,1H3,(H,22,24)/t16-,17-/m0/s1. The lowest BCUT2D eigenvalue weighted by Crippen LogP contribution is -2.37. The first-order valence-electron chi connectivity index (χ1n) is 8.38. The van der Waals surface area contributed by atoms with Crippen LogP contribution in [-0.2, 0) is 4.74 Å². The molecule has 1 aromatic carbocycles. The van der Waals surface area contributed by atoms with Gasteiger partial charge in [0.2, 0.25) is 0 Å². The van der Waals surface area contributed by atoms with Crippen molar-refractivity contribution in [3.63, 3.8) is 0 Å². The van der Waals surface area contributed by atoms with Crippen molar-refractivity contribution >= 4 is 5.91 Å². The largest absolute Gasteiger partial charge is 0.368 e. The zero-order valence-electron chi connectivity index (χ0n) is 14.0. The molecule has 1 aliphatic heterocycles. The van der Waals surface area contributed by atoms with Crippen LogP contribution in [0, 0.1) is 6.92 Å². The van der Waals surface area contributed by atoms with Crippen LogP contribution in [-0.4, -0.2) is 33.1 Å². The Hall–Kier alpha value is -2.86. The number of H-pyrrole nitrogens is 1. The highest BCUT2D eigenvalue weighted by Crippen LogP contribution is 2.30. The van der Waals surface area contributed by atoms with E-state index in [1.54, 1.807) is 12.4 Å². The molecule has 0 unspecified atom stereocenters. The molecule has 6 nitrogen and oxygen atoms in total. The molecule has 1 fully saturated rings. The molecule has 0 saturated carbocycles. The second-order valence-corrected chi connectivity index (χ2v) is 6.20. The lowest BCUT2D eigenvalue weighted by Gasteiger charge is -2.20. The fourth-order valence-electron chi connectivity index (χ4n) is 3.26. The number of amides is 1. The van der Waals surface area contributed by atoms with Crippen LogP contribution in [0.5, 0.6) is 0 Å². The van der Waals surface area contributed by atoms with E-state index in [-0.39, 0.29) is 18.1 Å². The number of imidazole rings is 1. The Labute approximate surface area is 145 Å². The second kappa shape index (κ2) is 6.57. The third-order valence-electron chi connectivity index (χ3n) is 4.56. The lowest BCUT2D eigenvalue weighted by atomic mass is 10.1. The molecule has 2 atom stereocenters.